The smallest absolute Gasteiger partial charge is 0.227 e. The van der Waals surface area contributed by atoms with E-state index < -0.39 is 0 Å². The molecule has 0 spiro atoms. The number of anilines is 1. The van der Waals surface area contributed by atoms with Gasteiger partial charge in [-0.05, 0) is 31.4 Å². The first-order chi connectivity index (χ1) is 7.75. The predicted molar refractivity (Wildman–Crippen MR) is 62.8 cm³/mol. The first-order valence-corrected chi connectivity index (χ1v) is 5.72. The lowest BCUT2D eigenvalue weighted by Crippen LogP contribution is -2.34. The van der Waals surface area contributed by atoms with Crippen LogP contribution in [0.1, 0.15) is 25.7 Å². The van der Waals surface area contributed by atoms with E-state index in [0.717, 1.165) is 31.4 Å². The molecule has 0 bridgehead atoms. The van der Waals surface area contributed by atoms with Gasteiger partial charge in [-0.3, -0.25) is 9.78 Å². The van der Waals surface area contributed by atoms with Gasteiger partial charge in [0.15, 0.2) is 0 Å². The first kappa shape index (κ1) is 11.1. The molecular formula is C12H17N3O. The van der Waals surface area contributed by atoms with Gasteiger partial charge in [-0.15, -0.1) is 0 Å². The molecule has 0 radical (unpaired) electrons. The number of aromatic nitrogens is 1. The Morgan fingerprint density at radius 3 is 3.06 bits per heavy atom. The van der Waals surface area contributed by atoms with Crippen molar-refractivity contribution in [1.82, 2.24) is 4.98 Å². The summed E-state index contributed by atoms with van der Waals surface area (Å²) in [5, 5.41) is 2.88. The van der Waals surface area contributed by atoms with E-state index in [0.29, 0.717) is 0 Å². The van der Waals surface area contributed by atoms with Gasteiger partial charge in [0, 0.05) is 18.2 Å². The molecule has 1 aliphatic carbocycles. The van der Waals surface area contributed by atoms with E-state index in [1.165, 1.54) is 0 Å². The average Bonchev–Trinajstić information content (AvgIpc) is 2.30. The van der Waals surface area contributed by atoms with E-state index in [4.69, 9.17) is 5.73 Å². The van der Waals surface area contributed by atoms with Crippen molar-refractivity contribution in [2.24, 2.45) is 11.7 Å². The van der Waals surface area contributed by atoms with Crippen LogP contribution in [-0.2, 0) is 4.79 Å². The summed E-state index contributed by atoms with van der Waals surface area (Å²) >= 11 is 0. The van der Waals surface area contributed by atoms with Gasteiger partial charge in [0.05, 0.1) is 11.9 Å². The summed E-state index contributed by atoms with van der Waals surface area (Å²) in [6, 6.07) is 3.83. The van der Waals surface area contributed by atoms with E-state index in [2.05, 4.69) is 10.3 Å². The van der Waals surface area contributed by atoms with E-state index in [9.17, 15) is 4.79 Å². The second kappa shape index (κ2) is 5.07. The summed E-state index contributed by atoms with van der Waals surface area (Å²) in [5.41, 5.74) is 6.62. The van der Waals surface area contributed by atoms with E-state index in [-0.39, 0.29) is 17.9 Å². The molecule has 1 fully saturated rings. The van der Waals surface area contributed by atoms with Gasteiger partial charge in [-0.25, -0.2) is 0 Å². The molecule has 0 saturated heterocycles. The van der Waals surface area contributed by atoms with Gasteiger partial charge >= 0.3 is 0 Å². The number of nitrogens with two attached hydrogens (primary N) is 1. The normalized spacial score (nSPS) is 25.1. The van der Waals surface area contributed by atoms with Crippen molar-refractivity contribution in [2.75, 3.05) is 5.32 Å². The molecule has 4 nitrogen and oxygen atoms in total. The number of amides is 1. The summed E-state index contributed by atoms with van der Waals surface area (Å²) in [6.45, 7) is 0. The summed E-state index contributed by atoms with van der Waals surface area (Å²) in [4.78, 5) is 15.9. The molecule has 1 aromatic heterocycles. The molecule has 86 valence electrons. The highest BCUT2D eigenvalue weighted by molar-refractivity contribution is 5.92. The maximum Gasteiger partial charge on any atom is 0.227 e. The summed E-state index contributed by atoms with van der Waals surface area (Å²) in [5.74, 6) is 0.132. The third-order valence-electron chi connectivity index (χ3n) is 3.01. The lowest BCUT2D eigenvalue weighted by atomic mass is 9.85. The van der Waals surface area contributed by atoms with Crippen LogP contribution in [0.4, 0.5) is 5.69 Å². The quantitative estimate of drug-likeness (QED) is 0.792. The zero-order valence-electron chi connectivity index (χ0n) is 9.23. The molecule has 0 aromatic carbocycles. The number of pyridine rings is 1. The van der Waals surface area contributed by atoms with Crippen LogP contribution in [0.15, 0.2) is 24.5 Å². The van der Waals surface area contributed by atoms with Crippen molar-refractivity contribution in [1.29, 1.82) is 0 Å². The van der Waals surface area contributed by atoms with Crippen molar-refractivity contribution in [3.8, 4) is 0 Å². The monoisotopic (exact) mass is 219 g/mol. The van der Waals surface area contributed by atoms with Crippen molar-refractivity contribution in [2.45, 2.75) is 31.7 Å². The Labute approximate surface area is 95.3 Å². The number of carbonyl (C=O) groups is 1. The SMILES string of the molecule is NC1CCCC(C(=O)Nc2cccnc2)C1. The predicted octanol–water partition coefficient (Wildman–Crippen LogP) is 1.54. The zero-order valence-corrected chi connectivity index (χ0v) is 9.23. The Morgan fingerprint density at radius 2 is 2.38 bits per heavy atom. The molecule has 16 heavy (non-hydrogen) atoms. The number of nitrogens with zero attached hydrogens (tertiary/aromatic N) is 1. The second-order valence-electron chi connectivity index (χ2n) is 4.35. The summed E-state index contributed by atoms with van der Waals surface area (Å²) in [6.07, 6.45) is 7.17. The van der Waals surface area contributed by atoms with Crippen LogP contribution in [0.3, 0.4) is 0 Å². The van der Waals surface area contributed by atoms with Crippen LogP contribution in [0, 0.1) is 5.92 Å². The minimum atomic E-state index is 0.0592. The maximum atomic E-state index is 11.9. The highest BCUT2D eigenvalue weighted by atomic mass is 16.1. The highest BCUT2D eigenvalue weighted by Crippen LogP contribution is 2.24. The van der Waals surface area contributed by atoms with Crippen LogP contribution in [0.2, 0.25) is 0 Å². The molecule has 1 aromatic rings. The summed E-state index contributed by atoms with van der Waals surface area (Å²) < 4.78 is 0. The average molecular weight is 219 g/mol. The Morgan fingerprint density at radius 1 is 1.50 bits per heavy atom. The molecule has 1 saturated carbocycles. The maximum absolute atomic E-state index is 11.9. The third-order valence-corrected chi connectivity index (χ3v) is 3.01. The first-order valence-electron chi connectivity index (χ1n) is 5.72. The van der Waals surface area contributed by atoms with Crippen LogP contribution in [-0.4, -0.2) is 16.9 Å². The number of carbonyl (C=O) groups excluding carboxylic acids is 1. The number of hydrogen-bond donors (Lipinski definition) is 2. The molecule has 1 heterocycles. The lowest BCUT2D eigenvalue weighted by Gasteiger charge is -2.25. The lowest BCUT2D eigenvalue weighted by molar-refractivity contribution is -0.120. The topological polar surface area (TPSA) is 68.0 Å². The molecule has 2 rings (SSSR count). The second-order valence-corrected chi connectivity index (χ2v) is 4.35. The molecule has 4 heteroatoms. The largest absolute Gasteiger partial charge is 0.328 e. The molecule has 1 aliphatic rings. The molecule has 2 atom stereocenters. The minimum absolute atomic E-state index is 0.0592. The third kappa shape index (κ3) is 2.79. The Hall–Kier alpha value is -1.42. The van der Waals surface area contributed by atoms with Crippen LogP contribution < -0.4 is 11.1 Å². The molecule has 0 aliphatic heterocycles. The fourth-order valence-electron chi connectivity index (χ4n) is 2.15. The van der Waals surface area contributed by atoms with E-state index in [1.54, 1.807) is 12.4 Å². The van der Waals surface area contributed by atoms with Crippen LogP contribution in [0.5, 0.6) is 0 Å². The molecular weight excluding hydrogens is 202 g/mol. The van der Waals surface area contributed by atoms with Crippen LogP contribution in [0.25, 0.3) is 0 Å². The van der Waals surface area contributed by atoms with Gasteiger partial charge in [0.1, 0.15) is 0 Å². The van der Waals surface area contributed by atoms with Gasteiger partial charge in [-0.1, -0.05) is 6.42 Å². The fraction of sp³-hybridized carbons (Fsp3) is 0.500. The minimum Gasteiger partial charge on any atom is -0.328 e. The van der Waals surface area contributed by atoms with Crippen molar-refractivity contribution >= 4 is 11.6 Å². The van der Waals surface area contributed by atoms with Gasteiger partial charge in [0.25, 0.3) is 0 Å². The Balaban J connectivity index is 1.93. The highest BCUT2D eigenvalue weighted by Gasteiger charge is 2.25. The Kier molecular flexibility index (Phi) is 3.51. The van der Waals surface area contributed by atoms with Crippen molar-refractivity contribution < 1.29 is 4.79 Å². The van der Waals surface area contributed by atoms with Gasteiger partial charge in [0.2, 0.25) is 5.91 Å². The van der Waals surface area contributed by atoms with E-state index in [1.807, 2.05) is 12.1 Å². The Bertz CT molecular complexity index is 353. The number of nitrogens with one attached hydrogen (secondary N) is 1. The van der Waals surface area contributed by atoms with Crippen molar-refractivity contribution in [3.63, 3.8) is 0 Å². The van der Waals surface area contributed by atoms with Crippen molar-refractivity contribution in [3.05, 3.63) is 24.5 Å². The molecule has 3 N–H and O–H groups in total. The molecule has 1 amide bonds. The number of rotatable bonds is 2. The standard InChI is InChI=1S/C12H17N3O/c13-10-4-1-3-9(7-10)12(16)15-11-5-2-6-14-8-11/h2,5-6,8-10H,1,3-4,7,13H2,(H,15,16). The van der Waals surface area contributed by atoms with Gasteiger partial charge in [-0.2, -0.15) is 0 Å². The van der Waals surface area contributed by atoms with E-state index >= 15 is 0 Å². The number of hydrogen-bond acceptors (Lipinski definition) is 3. The molecule has 2 unspecified atom stereocenters. The van der Waals surface area contributed by atoms with Crippen LogP contribution >= 0.6 is 0 Å². The van der Waals surface area contributed by atoms with Gasteiger partial charge < -0.3 is 11.1 Å². The summed E-state index contributed by atoms with van der Waals surface area (Å²) in [7, 11) is 0. The fourth-order valence-corrected chi connectivity index (χ4v) is 2.15. The zero-order chi connectivity index (χ0) is 11.4.